The summed E-state index contributed by atoms with van der Waals surface area (Å²) in [7, 11) is 0. The molecule has 6 heteroatoms. The number of nitrogens with zero attached hydrogens (tertiary/aromatic N) is 2. The summed E-state index contributed by atoms with van der Waals surface area (Å²) in [6.07, 6.45) is 0. The predicted octanol–water partition coefficient (Wildman–Crippen LogP) is 5.35. The SMILES string of the molecule is Cc1ccc(-c2noc(-c3ccccc3OCC(=O)Nc3ccc(C)cc3C)n2)cc1. The maximum Gasteiger partial charge on any atom is 0.262 e. The van der Waals surface area contributed by atoms with Crippen LogP contribution in [0.15, 0.2) is 71.3 Å². The average molecular weight is 413 g/mol. The number of rotatable bonds is 6. The molecule has 1 N–H and O–H groups in total. The van der Waals surface area contributed by atoms with Gasteiger partial charge in [-0.3, -0.25) is 4.79 Å². The van der Waals surface area contributed by atoms with Gasteiger partial charge < -0.3 is 14.6 Å². The fourth-order valence-electron chi connectivity index (χ4n) is 3.21. The third-order valence-electron chi connectivity index (χ3n) is 4.87. The van der Waals surface area contributed by atoms with E-state index < -0.39 is 0 Å². The Labute approximate surface area is 180 Å². The van der Waals surface area contributed by atoms with Gasteiger partial charge in [0.15, 0.2) is 6.61 Å². The molecular formula is C25H23N3O3. The van der Waals surface area contributed by atoms with Gasteiger partial charge in [-0.15, -0.1) is 0 Å². The van der Waals surface area contributed by atoms with Crippen molar-refractivity contribution in [3.05, 3.63) is 83.4 Å². The van der Waals surface area contributed by atoms with Gasteiger partial charge in [-0.25, -0.2) is 0 Å². The molecule has 1 aromatic heterocycles. The molecule has 0 bridgehead atoms. The number of nitrogens with one attached hydrogen (secondary N) is 1. The van der Waals surface area contributed by atoms with Crippen molar-refractivity contribution < 1.29 is 14.1 Å². The zero-order valence-corrected chi connectivity index (χ0v) is 17.7. The van der Waals surface area contributed by atoms with E-state index in [0.29, 0.717) is 23.0 Å². The van der Waals surface area contributed by atoms with Crippen LogP contribution in [0.5, 0.6) is 5.75 Å². The van der Waals surface area contributed by atoms with Crippen LogP contribution in [0.1, 0.15) is 16.7 Å². The summed E-state index contributed by atoms with van der Waals surface area (Å²) < 4.78 is 11.2. The fourth-order valence-corrected chi connectivity index (χ4v) is 3.21. The average Bonchev–Trinajstić information content (AvgIpc) is 3.25. The van der Waals surface area contributed by atoms with Gasteiger partial charge in [0.05, 0.1) is 5.56 Å². The van der Waals surface area contributed by atoms with Crippen molar-refractivity contribution >= 4 is 11.6 Å². The highest BCUT2D eigenvalue weighted by molar-refractivity contribution is 5.92. The minimum absolute atomic E-state index is 0.136. The molecule has 3 aromatic carbocycles. The summed E-state index contributed by atoms with van der Waals surface area (Å²) in [4.78, 5) is 16.9. The van der Waals surface area contributed by atoms with E-state index in [4.69, 9.17) is 9.26 Å². The molecule has 0 aliphatic carbocycles. The largest absolute Gasteiger partial charge is 0.483 e. The predicted molar refractivity (Wildman–Crippen MR) is 120 cm³/mol. The summed E-state index contributed by atoms with van der Waals surface area (Å²) >= 11 is 0. The topological polar surface area (TPSA) is 77.2 Å². The highest BCUT2D eigenvalue weighted by Gasteiger charge is 2.16. The van der Waals surface area contributed by atoms with Gasteiger partial charge in [0.25, 0.3) is 11.8 Å². The van der Waals surface area contributed by atoms with E-state index >= 15 is 0 Å². The van der Waals surface area contributed by atoms with E-state index in [2.05, 4.69) is 15.5 Å². The van der Waals surface area contributed by atoms with E-state index in [0.717, 1.165) is 27.9 Å². The fraction of sp³-hybridized carbons (Fsp3) is 0.160. The molecule has 0 spiro atoms. The first-order chi connectivity index (χ1) is 15.0. The molecule has 0 atom stereocenters. The molecule has 0 unspecified atom stereocenters. The monoisotopic (exact) mass is 413 g/mol. The number of ether oxygens (including phenoxy) is 1. The first-order valence-corrected chi connectivity index (χ1v) is 9.99. The van der Waals surface area contributed by atoms with Gasteiger partial charge in [-0.05, 0) is 44.5 Å². The number of carbonyl (C=O) groups is 1. The van der Waals surface area contributed by atoms with Crippen molar-refractivity contribution in [1.29, 1.82) is 0 Å². The Hall–Kier alpha value is -3.93. The lowest BCUT2D eigenvalue weighted by atomic mass is 10.1. The molecule has 1 heterocycles. The van der Waals surface area contributed by atoms with Gasteiger partial charge in [-0.2, -0.15) is 4.98 Å². The Morgan fingerprint density at radius 2 is 1.71 bits per heavy atom. The quantitative estimate of drug-likeness (QED) is 0.461. The molecule has 4 aromatic rings. The third-order valence-corrected chi connectivity index (χ3v) is 4.87. The van der Waals surface area contributed by atoms with Crippen molar-refractivity contribution in [2.45, 2.75) is 20.8 Å². The molecule has 0 aliphatic rings. The van der Waals surface area contributed by atoms with Crippen LogP contribution in [0, 0.1) is 20.8 Å². The number of aryl methyl sites for hydroxylation is 3. The first-order valence-electron chi connectivity index (χ1n) is 9.99. The van der Waals surface area contributed by atoms with E-state index in [1.807, 2.05) is 81.4 Å². The summed E-state index contributed by atoms with van der Waals surface area (Å²) in [5, 5.41) is 6.96. The zero-order valence-electron chi connectivity index (χ0n) is 17.7. The third kappa shape index (κ3) is 4.80. The molecule has 0 saturated heterocycles. The minimum atomic E-state index is -0.243. The Kier molecular flexibility index (Phi) is 5.80. The number of anilines is 1. The van der Waals surface area contributed by atoms with Crippen molar-refractivity contribution in [1.82, 2.24) is 10.1 Å². The van der Waals surface area contributed by atoms with Gasteiger partial charge in [0.1, 0.15) is 5.75 Å². The highest BCUT2D eigenvalue weighted by Crippen LogP contribution is 2.30. The molecule has 156 valence electrons. The molecule has 0 fully saturated rings. The Morgan fingerprint density at radius 1 is 0.968 bits per heavy atom. The maximum absolute atomic E-state index is 12.4. The molecule has 4 rings (SSSR count). The standard InChI is InChI=1S/C25H23N3O3/c1-16-8-11-19(12-9-16)24-27-25(31-28-24)20-6-4-5-7-22(20)30-15-23(29)26-21-13-10-17(2)14-18(21)3/h4-14H,15H2,1-3H3,(H,26,29). The van der Waals surface area contributed by atoms with Gasteiger partial charge in [0, 0.05) is 11.3 Å². The summed E-state index contributed by atoms with van der Waals surface area (Å²) in [5.74, 6) is 1.09. The summed E-state index contributed by atoms with van der Waals surface area (Å²) in [6.45, 7) is 5.86. The molecule has 0 saturated carbocycles. The number of amides is 1. The summed E-state index contributed by atoms with van der Waals surface area (Å²) in [5.41, 5.74) is 5.57. The van der Waals surface area contributed by atoms with Crippen molar-refractivity contribution in [3.63, 3.8) is 0 Å². The Bertz CT molecular complexity index is 1210. The maximum atomic E-state index is 12.4. The number of hydrogen-bond acceptors (Lipinski definition) is 5. The molecule has 0 radical (unpaired) electrons. The number of benzene rings is 3. The molecule has 6 nitrogen and oxygen atoms in total. The van der Waals surface area contributed by atoms with Crippen LogP contribution in [0.4, 0.5) is 5.69 Å². The molecular weight excluding hydrogens is 390 g/mol. The Balaban J connectivity index is 1.48. The van der Waals surface area contributed by atoms with Crippen LogP contribution in [0.25, 0.3) is 22.8 Å². The van der Waals surface area contributed by atoms with Crippen LogP contribution in [0.2, 0.25) is 0 Å². The lowest BCUT2D eigenvalue weighted by molar-refractivity contribution is -0.118. The smallest absolute Gasteiger partial charge is 0.262 e. The van der Waals surface area contributed by atoms with E-state index in [1.165, 1.54) is 0 Å². The second-order valence-electron chi connectivity index (χ2n) is 7.44. The van der Waals surface area contributed by atoms with Crippen LogP contribution < -0.4 is 10.1 Å². The number of para-hydroxylation sites is 1. The van der Waals surface area contributed by atoms with Crippen LogP contribution in [0.3, 0.4) is 0 Å². The molecule has 0 aliphatic heterocycles. The van der Waals surface area contributed by atoms with E-state index in [1.54, 1.807) is 6.07 Å². The van der Waals surface area contributed by atoms with Gasteiger partial charge in [0.2, 0.25) is 5.82 Å². The second kappa shape index (κ2) is 8.83. The zero-order chi connectivity index (χ0) is 21.8. The van der Waals surface area contributed by atoms with Gasteiger partial charge >= 0.3 is 0 Å². The number of carbonyl (C=O) groups excluding carboxylic acids is 1. The Morgan fingerprint density at radius 3 is 2.48 bits per heavy atom. The highest BCUT2D eigenvalue weighted by atomic mass is 16.5. The van der Waals surface area contributed by atoms with Crippen LogP contribution in [-0.4, -0.2) is 22.7 Å². The summed E-state index contributed by atoms with van der Waals surface area (Å²) in [6, 6.07) is 21.0. The first kappa shape index (κ1) is 20.3. The van der Waals surface area contributed by atoms with E-state index in [9.17, 15) is 4.79 Å². The lowest BCUT2D eigenvalue weighted by Crippen LogP contribution is -2.20. The van der Waals surface area contributed by atoms with Crippen LogP contribution in [-0.2, 0) is 4.79 Å². The van der Waals surface area contributed by atoms with Crippen LogP contribution >= 0.6 is 0 Å². The van der Waals surface area contributed by atoms with Crippen molar-refractivity contribution in [3.8, 4) is 28.6 Å². The van der Waals surface area contributed by atoms with Crippen molar-refractivity contribution in [2.24, 2.45) is 0 Å². The van der Waals surface area contributed by atoms with Gasteiger partial charge in [-0.1, -0.05) is 64.8 Å². The lowest BCUT2D eigenvalue weighted by Gasteiger charge is -2.11. The van der Waals surface area contributed by atoms with Crippen molar-refractivity contribution in [2.75, 3.05) is 11.9 Å². The molecule has 31 heavy (non-hydrogen) atoms. The number of aromatic nitrogens is 2. The normalized spacial score (nSPS) is 10.7. The molecule has 1 amide bonds. The number of hydrogen-bond donors (Lipinski definition) is 1. The minimum Gasteiger partial charge on any atom is -0.483 e. The second-order valence-corrected chi connectivity index (χ2v) is 7.44. The van der Waals surface area contributed by atoms with E-state index in [-0.39, 0.29) is 12.5 Å².